The molecule has 6 nitrogen and oxygen atoms in total. The van der Waals surface area contributed by atoms with Gasteiger partial charge in [-0.25, -0.2) is 0 Å². The Morgan fingerprint density at radius 3 is 2.55 bits per heavy atom. The van der Waals surface area contributed by atoms with Gasteiger partial charge in [-0.1, -0.05) is 19.0 Å². The highest BCUT2D eigenvalue weighted by Gasteiger charge is 2.34. The van der Waals surface area contributed by atoms with E-state index in [1.807, 2.05) is 13.0 Å². The number of aryl methyl sites for hydroxylation is 1. The molecule has 1 aromatic heterocycles. The summed E-state index contributed by atoms with van der Waals surface area (Å²) in [5, 5.41) is 6.88. The molecule has 0 unspecified atom stereocenters. The van der Waals surface area contributed by atoms with Crippen LogP contribution in [0.5, 0.6) is 0 Å². The molecule has 1 saturated heterocycles. The van der Waals surface area contributed by atoms with E-state index >= 15 is 0 Å². The van der Waals surface area contributed by atoms with Crippen molar-refractivity contribution >= 4 is 5.91 Å². The Labute approximate surface area is 132 Å². The molecule has 1 aliphatic rings. The molecule has 22 heavy (non-hydrogen) atoms. The Hall–Kier alpha value is -1.40. The summed E-state index contributed by atoms with van der Waals surface area (Å²) >= 11 is 0. The zero-order valence-electron chi connectivity index (χ0n) is 14.1. The van der Waals surface area contributed by atoms with Gasteiger partial charge in [0.25, 0.3) is 0 Å². The van der Waals surface area contributed by atoms with Gasteiger partial charge in [-0.2, -0.15) is 0 Å². The molecule has 0 spiro atoms. The maximum atomic E-state index is 12.6. The lowest BCUT2D eigenvalue weighted by Crippen LogP contribution is -2.56. The van der Waals surface area contributed by atoms with Gasteiger partial charge >= 0.3 is 0 Å². The van der Waals surface area contributed by atoms with Crippen molar-refractivity contribution in [1.82, 2.24) is 15.4 Å². The molecule has 1 aliphatic heterocycles. The molecule has 1 fully saturated rings. The highest BCUT2D eigenvalue weighted by Crippen LogP contribution is 2.18. The number of nitrogens with one attached hydrogen (secondary N) is 1. The molecule has 2 heterocycles. The van der Waals surface area contributed by atoms with Crippen LogP contribution in [0, 0.1) is 12.8 Å². The fraction of sp³-hybridized carbons (Fsp3) is 0.750. The van der Waals surface area contributed by atoms with Gasteiger partial charge in [0, 0.05) is 19.2 Å². The number of aromatic nitrogens is 1. The molecular weight excluding hydrogens is 282 g/mol. The van der Waals surface area contributed by atoms with Gasteiger partial charge in [0.05, 0.1) is 24.8 Å². The first kappa shape index (κ1) is 17.0. The van der Waals surface area contributed by atoms with Crippen molar-refractivity contribution < 1.29 is 14.1 Å². The number of ether oxygens (including phenoxy) is 1. The van der Waals surface area contributed by atoms with Gasteiger partial charge in [-0.3, -0.25) is 9.69 Å². The minimum atomic E-state index is -0.151. The van der Waals surface area contributed by atoms with Crippen LogP contribution >= 0.6 is 0 Å². The summed E-state index contributed by atoms with van der Waals surface area (Å²) in [6.07, 6.45) is 0.298. The summed E-state index contributed by atoms with van der Waals surface area (Å²) in [7, 11) is 0. The Morgan fingerprint density at radius 1 is 1.41 bits per heavy atom. The maximum absolute atomic E-state index is 12.6. The van der Waals surface area contributed by atoms with Crippen LogP contribution in [0.15, 0.2) is 10.6 Å². The standard InChI is InChI=1S/C16H27N3O3/c1-10(2)15(19-8-12(4)21-13(5)9-19)16(20)17-7-14-6-11(3)22-18-14/h6,10,12-13,15H,7-9H2,1-5H3,(H,17,20)/t12-,13+,15-/m1/s1. The van der Waals surface area contributed by atoms with Gasteiger partial charge in [-0.15, -0.1) is 0 Å². The quantitative estimate of drug-likeness (QED) is 0.897. The van der Waals surface area contributed by atoms with E-state index in [1.165, 1.54) is 0 Å². The summed E-state index contributed by atoms with van der Waals surface area (Å²) in [5.41, 5.74) is 0.747. The lowest BCUT2D eigenvalue weighted by atomic mass is 9.99. The van der Waals surface area contributed by atoms with Crippen molar-refractivity contribution in [2.75, 3.05) is 13.1 Å². The van der Waals surface area contributed by atoms with E-state index in [4.69, 9.17) is 9.26 Å². The summed E-state index contributed by atoms with van der Waals surface area (Å²) in [5.74, 6) is 1.02. The number of hydrogen-bond donors (Lipinski definition) is 1. The smallest absolute Gasteiger partial charge is 0.237 e. The van der Waals surface area contributed by atoms with Gasteiger partial charge in [0.2, 0.25) is 5.91 Å². The van der Waals surface area contributed by atoms with E-state index in [9.17, 15) is 4.79 Å². The first-order valence-corrected chi connectivity index (χ1v) is 7.96. The van der Waals surface area contributed by atoms with Crippen molar-refractivity contribution in [3.63, 3.8) is 0 Å². The lowest BCUT2D eigenvalue weighted by Gasteiger charge is -2.40. The first-order valence-electron chi connectivity index (χ1n) is 7.96. The molecule has 124 valence electrons. The van der Waals surface area contributed by atoms with Gasteiger partial charge in [-0.05, 0) is 26.7 Å². The highest BCUT2D eigenvalue weighted by atomic mass is 16.5. The number of carbonyl (C=O) groups is 1. The highest BCUT2D eigenvalue weighted by molar-refractivity contribution is 5.82. The third kappa shape index (κ3) is 4.30. The summed E-state index contributed by atoms with van der Waals surface area (Å²) in [6.45, 7) is 12.1. The Kier molecular flexibility index (Phi) is 5.58. The van der Waals surface area contributed by atoms with E-state index in [1.54, 1.807) is 0 Å². The minimum absolute atomic E-state index is 0.0388. The number of amides is 1. The average Bonchev–Trinajstić information content (AvgIpc) is 2.81. The molecule has 1 N–H and O–H groups in total. The number of hydrogen-bond acceptors (Lipinski definition) is 5. The Balaban J connectivity index is 1.98. The molecular formula is C16H27N3O3. The SMILES string of the molecule is Cc1cc(CNC(=O)[C@@H](C(C)C)N2C[C@@H](C)O[C@@H](C)C2)no1. The molecule has 0 radical (unpaired) electrons. The first-order chi connectivity index (χ1) is 10.4. The van der Waals surface area contributed by atoms with E-state index in [0.29, 0.717) is 6.54 Å². The van der Waals surface area contributed by atoms with Crippen molar-refractivity contribution in [2.45, 2.75) is 59.4 Å². The summed E-state index contributed by atoms with van der Waals surface area (Å²) in [6, 6.07) is 1.69. The van der Waals surface area contributed by atoms with Gasteiger partial charge < -0.3 is 14.6 Å². The monoisotopic (exact) mass is 309 g/mol. The fourth-order valence-corrected chi connectivity index (χ4v) is 3.12. The van der Waals surface area contributed by atoms with Crippen molar-refractivity contribution in [3.8, 4) is 0 Å². The fourth-order valence-electron chi connectivity index (χ4n) is 3.12. The number of morpholine rings is 1. The molecule has 2 rings (SSSR count). The van der Waals surface area contributed by atoms with Crippen LogP contribution < -0.4 is 5.32 Å². The number of carbonyl (C=O) groups excluding carboxylic acids is 1. The molecule has 0 saturated carbocycles. The predicted octanol–water partition coefficient (Wildman–Crippen LogP) is 1.73. The zero-order chi connectivity index (χ0) is 16.3. The third-order valence-corrected chi connectivity index (χ3v) is 3.86. The molecule has 3 atom stereocenters. The molecule has 1 aromatic rings. The van der Waals surface area contributed by atoms with Crippen molar-refractivity contribution in [1.29, 1.82) is 0 Å². The van der Waals surface area contributed by atoms with Gasteiger partial charge in [0.1, 0.15) is 11.5 Å². The van der Waals surface area contributed by atoms with E-state index in [0.717, 1.165) is 24.5 Å². The molecule has 0 aromatic carbocycles. The van der Waals surface area contributed by atoms with Crippen LogP contribution in [-0.4, -0.2) is 47.3 Å². The van der Waals surface area contributed by atoms with Crippen LogP contribution in [0.2, 0.25) is 0 Å². The van der Waals surface area contributed by atoms with Crippen LogP contribution in [0.1, 0.15) is 39.1 Å². The molecule has 6 heteroatoms. The zero-order valence-corrected chi connectivity index (χ0v) is 14.1. The lowest BCUT2D eigenvalue weighted by molar-refractivity contribution is -0.135. The number of nitrogens with zero attached hydrogens (tertiary/aromatic N) is 2. The van der Waals surface area contributed by atoms with Crippen LogP contribution in [0.25, 0.3) is 0 Å². The molecule has 0 bridgehead atoms. The second kappa shape index (κ2) is 7.24. The topological polar surface area (TPSA) is 67.6 Å². The minimum Gasteiger partial charge on any atom is -0.373 e. The van der Waals surface area contributed by atoms with E-state index in [-0.39, 0.29) is 30.1 Å². The summed E-state index contributed by atoms with van der Waals surface area (Å²) < 4.78 is 10.8. The third-order valence-electron chi connectivity index (χ3n) is 3.86. The van der Waals surface area contributed by atoms with Crippen molar-refractivity contribution in [3.05, 3.63) is 17.5 Å². The van der Waals surface area contributed by atoms with E-state index in [2.05, 4.69) is 43.1 Å². The van der Waals surface area contributed by atoms with Crippen LogP contribution in [0.3, 0.4) is 0 Å². The van der Waals surface area contributed by atoms with Gasteiger partial charge in [0.15, 0.2) is 0 Å². The predicted molar refractivity (Wildman–Crippen MR) is 83.3 cm³/mol. The average molecular weight is 309 g/mol. The van der Waals surface area contributed by atoms with Crippen LogP contribution in [-0.2, 0) is 16.1 Å². The largest absolute Gasteiger partial charge is 0.373 e. The summed E-state index contributed by atoms with van der Waals surface area (Å²) in [4.78, 5) is 14.9. The van der Waals surface area contributed by atoms with E-state index < -0.39 is 0 Å². The van der Waals surface area contributed by atoms with Crippen LogP contribution in [0.4, 0.5) is 0 Å². The maximum Gasteiger partial charge on any atom is 0.237 e. The second-order valence-electron chi connectivity index (χ2n) is 6.55. The normalized spacial score (nSPS) is 24.5. The van der Waals surface area contributed by atoms with Crippen molar-refractivity contribution in [2.24, 2.45) is 5.92 Å². The molecule has 0 aliphatic carbocycles. The second-order valence-corrected chi connectivity index (χ2v) is 6.55. The Morgan fingerprint density at radius 2 is 2.05 bits per heavy atom. The number of rotatable bonds is 5. The molecule has 1 amide bonds. The Bertz CT molecular complexity index is 491.